The van der Waals surface area contributed by atoms with Gasteiger partial charge in [0.15, 0.2) is 0 Å². The maximum atomic E-state index is 12.2. The van der Waals surface area contributed by atoms with Crippen LogP contribution in [0.2, 0.25) is 0 Å². The number of carbonyl (C=O) groups excluding carboxylic acids is 1. The van der Waals surface area contributed by atoms with Gasteiger partial charge in [-0.3, -0.25) is 0 Å². The van der Waals surface area contributed by atoms with Crippen LogP contribution in [-0.4, -0.2) is 29.5 Å². The van der Waals surface area contributed by atoms with Crippen LogP contribution in [0.25, 0.3) is 0 Å². The summed E-state index contributed by atoms with van der Waals surface area (Å²) in [5.74, 6) is -2.29. The lowest BCUT2D eigenvalue weighted by Gasteiger charge is -2.14. The lowest BCUT2D eigenvalue weighted by molar-refractivity contribution is 0.163. The van der Waals surface area contributed by atoms with Gasteiger partial charge >= 0.3 is 6.03 Å². The average Bonchev–Trinajstić information content (AvgIpc) is 2.37. The maximum Gasteiger partial charge on any atom is 0.319 e. The molecule has 1 aromatic rings. The lowest BCUT2D eigenvalue weighted by Crippen LogP contribution is -2.33. The number of rotatable bonds is 7. The maximum absolute atomic E-state index is 12.2. The molecule has 1 aromatic carbocycles. The Morgan fingerprint density at radius 2 is 1.90 bits per heavy atom. The van der Waals surface area contributed by atoms with Gasteiger partial charge in [0.2, 0.25) is 0 Å². The van der Waals surface area contributed by atoms with Crippen LogP contribution in [0.5, 0.6) is 0 Å². The molecule has 0 fully saturated rings. The molecule has 4 nitrogen and oxygen atoms in total. The number of alkyl halides is 2. The summed E-state index contributed by atoms with van der Waals surface area (Å²) in [7, 11) is 0. The van der Waals surface area contributed by atoms with Gasteiger partial charge in [0.05, 0.1) is 6.10 Å². The number of amides is 2. The molecule has 0 aliphatic heterocycles. The van der Waals surface area contributed by atoms with Crippen molar-refractivity contribution in [2.75, 3.05) is 11.9 Å². The number of aliphatic hydroxyl groups is 1. The van der Waals surface area contributed by atoms with Crippen LogP contribution in [0.3, 0.4) is 0 Å². The minimum Gasteiger partial charge on any atom is -0.393 e. The number of thioether (sulfide) groups is 1. The van der Waals surface area contributed by atoms with E-state index in [0.717, 1.165) is 0 Å². The van der Waals surface area contributed by atoms with E-state index in [0.29, 0.717) is 35.3 Å². The number of anilines is 1. The number of hydrogen-bond acceptors (Lipinski definition) is 3. The first kappa shape index (κ1) is 17.7. The second-order valence-electron chi connectivity index (χ2n) is 4.93. The Kier molecular flexibility index (Phi) is 7.45. The molecular weight excluding hydrogens is 298 g/mol. The summed E-state index contributed by atoms with van der Waals surface area (Å²) in [4.78, 5) is 12.1. The molecule has 7 heteroatoms. The van der Waals surface area contributed by atoms with Crippen molar-refractivity contribution in [3.8, 4) is 0 Å². The second kappa shape index (κ2) is 8.84. The number of aliphatic hydroxyl groups excluding tert-OH is 1. The Balaban J connectivity index is 2.37. The van der Waals surface area contributed by atoms with Crippen LogP contribution in [0, 0.1) is 5.92 Å². The predicted octanol–water partition coefficient (Wildman–Crippen LogP) is 3.53. The molecule has 0 saturated heterocycles. The molecule has 118 valence electrons. The molecule has 0 bridgehead atoms. The Bertz CT molecular complexity index is 441. The van der Waals surface area contributed by atoms with E-state index < -0.39 is 11.9 Å². The zero-order valence-electron chi connectivity index (χ0n) is 12.0. The summed E-state index contributed by atoms with van der Waals surface area (Å²) >= 11 is 0.460. The first-order valence-corrected chi connectivity index (χ1v) is 7.52. The van der Waals surface area contributed by atoms with Gasteiger partial charge in [-0.25, -0.2) is 4.79 Å². The van der Waals surface area contributed by atoms with Crippen molar-refractivity contribution in [3.05, 3.63) is 24.3 Å². The molecule has 0 spiro atoms. The van der Waals surface area contributed by atoms with Crippen molar-refractivity contribution in [1.82, 2.24) is 5.32 Å². The zero-order valence-corrected chi connectivity index (χ0v) is 12.8. The quantitative estimate of drug-likeness (QED) is 0.674. The van der Waals surface area contributed by atoms with E-state index in [-0.39, 0.29) is 11.9 Å². The molecule has 0 aromatic heterocycles. The zero-order chi connectivity index (χ0) is 15.8. The normalized spacial score (nSPS) is 13.8. The average molecular weight is 318 g/mol. The Morgan fingerprint density at radius 1 is 1.29 bits per heavy atom. The molecule has 21 heavy (non-hydrogen) atoms. The Morgan fingerprint density at radius 3 is 2.43 bits per heavy atom. The summed E-state index contributed by atoms with van der Waals surface area (Å²) in [6.07, 6.45) is 0.213. The smallest absolute Gasteiger partial charge is 0.319 e. The first-order valence-electron chi connectivity index (χ1n) is 6.64. The van der Waals surface area contributed by atoms with E-state index in [4.69, 9.17) is 0 Å². The van der Waals surface area contributed by atoms with Crippen molar-refractivity contribution in [3.63, 3.8) is 0 Å². The SMILES string of the molecule is C[C@H](CNC(=O)Nc1ccc(SC(F)F)cc1)C[C@H](C)O. The highest BCUT2D eigenvalue weighted by Gasteiger charge is 2.09. The summed E-state index contributed by atoms with van der Waals surface area (Å²) in [6, 6.07) is 5.85. The lowest BCUT2D eigenvalue weighted by atomic mass is 10.1. The van der Waals surface area contributed by atoms with E-state index in [2.05, 4.69) is 10.6 Å². The van der Waals surface area contributed by atoms with Crippen LogP contribution in [-0.2, 0) is 0 Å². The van der Waals surface area contributed by atoms with Gasteiger partial charge in [0, 0.05) is 17.1 Å². The number of benzene rings is 1. The van der Waals surface area contributed by atoms with Gasteiger partial charge in [0.25, 0.3) is 5.76 Å². The van der Waals surface area contributed by atoms with Crippen LogP contribution >= 0.6 is 11.8 Å². The minimum absolute atomic E-state index is 0.167. The highest BCUT2D eigenvalue weighted by atomic mass is 32.2. The van der Waals surface area contributed by atoms with E-state index in [1.54, 1.807) is 19.1 Å². The topological polar surface area (TPSA) is 61.4 Å². The van der Waals surface area contributed by atoms with Crippen molar-refractivity contribution < 1.29 is 18.7 Å². The first-order chi connectivity index (χ1) is 9.86. The monoisotopic (exact) mass is 318 g/mol. The highest BCUT2D eigenvalue weighted by Crippen LogP contribution is 2.26. The number of carbonyl (C=O) groups is 1. The van der Waals surface area contributed by atoms with E-state index >= 15 is 0 Å². The van der Waals surface area contributed by atoms with Gasteiger partial charge in [-0.2, -0.15) is 8.78 Å². The van der Waals surface area contributed by atoms with Crippen molar-refractivity contribution in [1.29, 1.82) is 0 Å². The van der Waals surface area contributed by atoms with Crippen LogP contribution < -0.4 is 10.6 Å². The highest BCUT2D eigenvalue weighted by molar-refractivity contribution is 7.99. The van der Waals surface area contributed by atoms with Crippen molar-refractivity contribution >= 4 is 23.5 Å². The Labute approximate surface area is 127 Å². The summed E-state index contributed by atoms with van der Waals surface area (Å²) < 4.78 is 24.3. The molecule has 2 amide bonds. The Hall–Kier alpha value is -1.34. The van der Waals surface area contributed by atoms with Gasteiger partial charge in [0.1, 0.15) is 0 Å². The summed E-state index contributed by atoms with van der Waals surface area (Å²) in [5, 5.41) is 14.5. The van der Waals surface area contributed by atoms with Gasteiger partial charge in [-0.15, -0.1) is 0 Å². The number of hydrogen-bond donors (Lipinski definition) is 3. The molecule has 0 heterocycles. The molecule has 3 N–H and O–H groups in total. The molecular formula is C14H20F2N2O2S. The molecule has 0 unspecified atom stereocenters. The van der Waals surface area contributed by atoms with Crippen LogP contribution in [0.4, 0.5) is 19.3 Å². The molecule has 1 rings (SSSR count). The van der Waals surface area contributed by atoms with Crippen molar-refractivity contribution in [2.24, 2.45) is 5.92 Å². The third kappa shape index (κ3) is 7.87. The van der Waals surface area contributed by atoms with Gasteiger partial charge in [-0.05, 0) is 43.5 Å². The minimum atomic E-state index is -2.46. The third-order valence-corrected chi connectivity index (χ3v) is 3.41. The second-order valence-corrected chi connectivity index (χ2v) is 5.99. The third-order valence-electron chi connectivity index (χ3n) is 2.69. The van der Waals surface area contributed by atoms with E-state index in [1.807, 2.05) is 6.92 Å². The van der Waals surface area contributed by atoms with E-state index in [1.165, 1.54) is 12.1 Å². The fraction of sp³-hybridized carbons (Fsp3) is 0.500. The molecule has 0 saturated carbocycles. The molecule has 2 atom stereocenters. The molecule has 0 aliphatic carbocycles. The van der Waals surface area contributed by atoms with Crippen LogP contribution in [0.1, 0.15) is 20.3 Å². The standard InChI is InChI=1S/C14H20F2N2O2S/c1-9(7-10(2)19)8-17-14(20)18-11-3-5-12(6-4-11)21-13(15)16/h3-6,9-10,13,19H,7-8H2,1-2H3,(H2,17,18,20)/t9-,10-/m0/s1. The predicted molar refractivity (Wildman–Crippen MR) is 80.8 cm³/mol. The summed E-state index contributed by atoms with van der Waals surface area (Å²) in [6.45, 7) is 4.09. The number of urea groups is 1. The van der Waals surface area contributed by atoms with Gasteiger partial charge in [-0.1, -0.05) is 18.7 Å². The molecule has 0 aliphatic rings. The van der Waals surface area contributed by atoms with E-state index in [9.17, 15) is 18.7 Å². The molecule has 0 radical (unpaired) electrons. The number of halogens is 2. The van der Waals surface area contributed by atoms with Crippen molar-refractivity contribution in [2.45, 2.75) is 37.0 Å². The fourth-order valence-corrected chi connectivity index (χ4v) is 2.33. The van der Waals surface area contributed by atoms with Crippen LogP contribution in [0.15, 0.2) is 29.2 Å². The fourth-order valence-electron chi connectivity index (χ4n) is 1.83. The number of nitrogens with one attached hydrogen (secondary N) is 2. The largest absolute Gasteiger partial charge is 0.393 e. The van der Waals surface area contributed by atoms with Gasteiger partial charge < -0.3 is 15.7 Å². The summed E-state index contributed by atoms with van der Waals surface area (Å²) in [5.41, 5.74) is 0.536.